The number of hydrogen-bond acceptors (Lipinski definition) is 18. The van der Waals surface area contributed by atoms with Crippen LogP contribution in [0.3, 0.4) is 0 Å². The minimum absolute atomic E-state index is 0.230. The zero-order valence-corrected chi connectivity index (χ0v) is 65.0. The molecule has 3 heterocycles. The van der Waals surface area contributed by atoms with Crippen molar-refractivity contribution in [3.05, 3.63) is 72.9 Å². The average Bonchev–Trinajstić information content (AvgIpc) is 0.783. The quantitative estimate of drug-likeness (QED) is 0.0199. The molecule has 17 atom stereocenters. The second-order valence-electron chi connectivity index (χ2n) is 29.9. The Kier molecular flexibility index (Phi) is 59.6. The van der Waals surface area contributed by atoms with Crippen molar-refractivity contribution < 1.29 is 89.4 Å². The SMILES string of the molecule is CCCCCCC/C=C\C/C=C\C/C=C\CCCCCCCCCCCCCCCCCCC(=O)NC(COC1OC(CO)C(OC2OC(CO)C(OC3OC(CO)C(O)C(O)C3O)C(O)C2O)C(O)C1O)C(O)/C=C/CC/C=C/CC/C=C/CCCCCCCCCCCCCCCCCCCC. The number of carbonyl (C=O) groups excluding carboxylic acids is 1. The molecule has 0 aromatic heterocycles. The largest absolute Gasteiger partial charge is 0.394 e. The lowest BCUT2D eigenvalue weighted by Crippen LogP contribution is -2.66. The van der Waals surface area contributed by atoms with E-state index in [1.165, 1.54) is 238 Å². The number of ether oxygens (including phenoxy) is 6. The molecule has 104 heavy (non-hydrogen) atoms. The van der Waals surface area contributed by atoms with Gasteiger partial charge in [-0.2, -0.15) is 0 Å². The highest BCUT2D eigenvalue weighted by molar-refractivity contribution is 5.76. The summed E-state index contributed by atoms with van der Waals surface area (Å²) in [6.07, 6.45) is 59.0. The molecule has 3 fully saturated rings. The molecule has 0 spiro atoms. The summed E-state index contributed by atoms with van der Waals surface area (Å²) < 4.78 is 34.5. The molecule has 0 radical (unpaired) electrons. The van der Waals surface area contributed by atoms with E-state index in [0.717, 1.165) is 57.8 Å². The highest BCUT2D eigenvalue weighted by atomic mass is 16.8. The predicted octanol–water partition coefficient (Wildman–Crippen LogP) is 14.8. The summed E-state index contributed by atoms with van der Waals surface area (Å²) in [7, 11) is 0. The first-order valence-electron chi connectivity index (χ1n) is 42.2. The van der Waals surface area contributed by atoms with Gasteiger partial charge < -0.3 is 89.9 Å². The molecular weight excluding hydrogens is 1320 g/mol. The van der Waals surface area contributed by atoms with Crippen molar-refractivity contribution in [1.82, 2.24) is 5.32 Å². The van der Waals surface area contributed by atoms with Gasteiger partial charge in [-0.05, 0) is 83.5 Å². The van der Waals surface area contributed by atoms with Crippen LogP contribution in [0.2, 0.25) is 0 Å². The lowest BCUT2D eigenvalue weighted by molar-refractivity contribution is -0.379. The van der Waals surface area contributed by atoms with Crippen molar-refractivity contribution in [2.24, 2.45) is 0 Å². The van der Waals surface area contributed by atoms with Gasteiger partial charge in [0.2, 0.25) is 5.91 Å². The summed E-state index contributed by atoms with van der Waals surface area (Å²) in [6, 6.07) is -1.00. The molecular formula is C85H153NO18. The van der Waals surface area contributed by atoms with Crippen LogP contribution in [0.15, 0.2) is 72.9 Å². The van der Waals surface area contributed by atoms with Crippen LogP contribution >= 0.6 is 0 Å². The molecule has 3 rings (SSSR count). The van der Waals surface area contributed by atoms with Crippen LogP contribution in [0.1, 0.15) is 328 Å². The molecule has 3 aliphatic rings. The normalized spacial score (nSPS) is 26.3. The first-order valence-corrected chi connectivity index (χ1v) is 42.2. The smallest absolute Gasteiger partial charge is 0.220 e. The molecule has 0 aliphatic carbocycles. The molecule has 19 nitrogen and oxygen atoms in total. The van der Waals surface area contributed by atoms with Gasteiger partial charge >= 0.3 is 0 Å². The third-order valence-corrected chi connectivity index (χ3v) is 20.7. The molecule has 1 amide bonds. The van der Waals surface area contributed by atoms with Crippen LogP contribution in [0.25, 0.3) is 0 Å². The van der Waals surface area contributed by atoms with Crippen molar-refractivity contribution in [1.29, 1.82) is 0 Å². The van der Waals surface area contributed by atoms with E-state index < -0.39 is 124 Å². The summed E-state index contributed by atoms with van der Waals surface area (Å²) in [5, 5.41) is 121. The molecule has 0 aromatic carbocycles. The van der Waals surface area contributed by atoms with E-state index in [9.17, 15) is 61.0 Å². The number of aliphatic hydroxyl groups is 11. The number of carbonyl (C=O) groups is 1. The molecule has 12 N–H and O–H groups in total. The Balaban J connectivity index is 1.38. The van der Waals surface area contributed by atoms with Gasteiger partial charge in [0.1, 0.15) is 73.2 Å². The Bertz CT molecular complexity index is 2160. The molecule has 3 aliphatic heterocycles. The number of hydrogen-bond donors (Lipinski definition) is 12. The number of nitrogens with one attached hydrogen (secondary N) is 1. The van der Waals surface area contributed by atoms with Crippen LogP contribution in [0.4, 0.5) is 0 Å². The minimum atomic E-state index is -1.99. The second-order valence-corrected chi connectivity index (χ2v) is 29.9. The second kappa shape index (κ2) is 65.0. The maximum absolute atomic E-state index is 13.5. The van der Waals surface area contributed by atoms with Crippen LogP contribution in [-0.4, -0.2) is 193 Å². The van der Waals surface area contributed by atoms with Gasteiger partial charge in [0.15, 0.2) is 18.9 Å². The summed E-state index contributed by atoms with van der Waals surface area (Å²) in [4.78, 5) is 13.5. The average molecular weight is 1480 g/mol. The lowest BCUT2D eigenvalue weighted by atomic mass is 9.96. The van der Waals surface area contributed by atoms with Crippen LogP contribution in [-0.2, 0) is 33.2 Å². The first-order chi connectivity index (χ1) is 50.8. The lowest BCUT2D eigenvalue weighted by Gasteiger charge is -2.48. The number of unbranched alkanes of at least 4 members (excludes halogenated alkanes) is 41. The maximum Gasteiger partial charge on any atom is 0.220 e. The highest BCUT2D eigenvalue weighted by Gasteiger charge is 2.54. The minimum Gasteiger partial charge on any atom is -0.394 e. The third-order valence-electron chi connectivity index (χ3n) is 20.7. The first kappa shape index (κ1) is 95.4. The maximum atomic E-state index is 13.5. The van der Waals surface area contributed by atoms with Gasteiger partial charge in [-0.1, -0.05) is 311 Å². The Hall–Kier alpha value is -2.77. The monoisotopic (exact) mass is 1480 g/mol. The molecule has 0 saturated carbocycles. The van der Waals surface area contributed by atoms with Crippen molar-refractivity contribution in [3.8, 4) is 0 Å². The zero-order chi connectivity index (χ0) is 75.3. The van der Waals surface area contributed by atoms with E-state index in [2.05, 4.69) is 79.9 Å². The Morgan fingerprint density at radius 1 is 0.346 bits per heavy atom. The van der Waals surface area contributed by atoms with Crippen molar-refractivity contribution in [2.45, 2.75) is 433 Å². The van der Waals surface area contributed by atoms with Crippen LogP contribution in [0.5, 0.6) is 0 Å². The van der Waals surface area contributed by atoms with Crippen LogP contribution < -0.4 is 5.32 Å². The number of rotatable bonds is 67. The van der Waals surface area contributed by atoms with Crippen molar-refractivity contribution >= 4 is 5.91 Å². The van der Waals surface area contributed by atoms with E-state index in [1.807, 2.05) is 6.08 Å². The van der Waals surface area contributed by atoms with E-state index in [0.29, 0.717) is 12.8 Å². The summed E-state index contributed by atoms with van der Waals surface area (Å²) >= 11 is 0. The molecule has 0 aromatic rings. The van der Waals surface area contributed by atoms with Gasteiger partial charge in [0.25, 0.3) is 0 Å². The molecule has 0 bridgehead atoms. The Morgan fingerprint density at radius 2 is 0.644 bits per heavy atom. The fourth-order valence-corrected chi connectivity index (χ4v) is 13.9. The Labute approximate surface area is 629 Å². The van der Waals surface area contributed by atoms with E-state index in [1.54, 1.807) is 6.08 Å². The number of aliphatic hydroxyl groups excluding tert-OH is 11. The number of allylic oxidation sites excluding steroid dienone is 11. The van der Waals surface area contributed by atoms with Crippen LogP contribution in [0, 0.1) is 0 Å². The molecule has 606 valence electrons. The standard InChI is InChI=1S/C85H153NO18/c1-3-5-7-9-11-13-15-17-19-21-23-25-27-29-31-33-34-35-37-39-41-43-45-47-49-51-53-55-57-59-61-63-73(91)86-68(69(90)62-60-58-56-54-52-50-48-46-44-42-40-38-36-32-30-28-26-24-22-20-18-16-14-12-10-8-6-4-2)67-99-83-79(97)76(94)81(71(65-88)101-83)104-85-80(98)77(95)82(72(66-89)102-85)103-84-78(96)75(93)74(92)70(64-87)100-84/h15,17,21,23,27,29,44,46,52,54,60,62,68-72,74-85,87-90,92-98H,3-14,16,18-20,22,24-26,28,30-43,45,47-51,53,55-59,61,63-67H2,1-2H3,(H,86,91)/b17-15-,23-21-,29-27-,46-44+,54-52+,62-60+. The van der Waals surface area contributed by atoms with Gasteiger partial charge in [-0.15, -0.1) is 0 Å². The molecule has 19 heteroatoms. The summed E-state index contributed by atoms with van der Waals surface area (Å²) in [5.74, 6) is -0.287. The highest BCUT2D eigenvalue weighted by Crippen LogP contribution is 2.33. The van der Waals surface area contributed by atoms with Gasteiger partial charge in [0, 0.05) is 6.42 Å². The predicted molar refractivity (Wildman–Crippen MR) is 415 cm³/mol. The Morgan fingerprint density at radius 3 is 1.03 bits per heavy atom. The third kappa shape index (κ3) is 44.2. The van der Waals surface area contributed by atoms with E-state index in [-0.39, 0.29) is 18.9 Å². The van der Waals surface area contributed by atoms with E-state index >= 15 is 0 Å². The topological polar surface area (TPSA) is 307 Å². The van der Waals surface area contributed by atoms with Crippen molar-refractivity contribution in [2.75, 3.05) is 26.4 Å². The molecule has 3 saturated heterocycles. The number of amides is 1. The van der Waals surface area contributed by atoms with Gasteiger partial charge in [0.05, 0.1) is 38.6 Å². The van der Waals surface area contributed by atoms with Gasteiger partial charge in [-0.3, -0.25) is 4.79 Å². The molecule has 17 unspecified atom stereocenters. The van der Waals surface area contributed by atoms with Crippen molar-refractivity contribution in [3.63, 3.8) is 0 Å². The fraction of sp³-hybridized carbons (Fsp3) is 0.847. The summed E-state index contributed by atoms with van der Waals surface area (Å²) in [6.45, 7) is 1.74. The van der Waals surface area contributed by atoms with E-state index in [4.69, 9.17) is 28.4 Å². The van der Waals surface area contributed by atoms with Gasteiger partial charge in [-0.25, -0.2) is 0 Å². The fourth-order valence-electron chi connectivity index (χ4n) is 13.9. The summed E-state index contributed by atoms with van der Waals surface area (Å²) in [5.41, 5.74) is 0. The zero-order valence-electron chi connectivity index (χ0n) is 65.0.